The van der Waals surface area contributed by atoms with Crippen LogP contribution in [0.3, 0.4) is 0 Å². The first-order valence-corrected chi connectivity index (χ1v) is 8.47. The van der Waals surface area contributed by atoms with Crippen molar-refractivity contribution in [3.05, 3.63) is 18.0 Å². The highest BCUT2D eigenvalue weighted by atomic mass is 16.5. The summed E-state index contributed by atoms with van der Waals surface area (Å²) in [7, 11) is 0. The van der Waals surface area contributed by atoms with Crippen molar-refractivity contribution in [3.63, 3.8) is 0 Å². The monoisotopic (exact) mass is 305 g/mol. The van der Waals surface area contributed by atoms with Crippen molar-refractivity contribution in [3.8, 4) is 0 Å². The maximum absolute atomic E-state index is 6.03. The Hall–Kier alpha value is -1.56. The van der Waals surface area contributed by atoms with Crippen LogP contribution in [0.15, 0.2) is 17.3 Å². The zero-order valence-electron chi connectivity index (χ0n) is 13.4. The Balaban J connectivity index is 1.59. The summed E-state index contributed by atoms with van der Waals surface area (Å²) in [6.45, 7) is 4.46. The van der Waals surface area contributed by atoms with E-state index in [1.807, 2.05) is 10.9 Å². The van der Waals surface area contributed by atoms with E-state index in [1.54, 1.807) is 0 Å². The molecule has 3 rings (SSSR count). The summed E-state index contributed by atoms with van der Waals surface area (Å²) in [6, 6.07) is 2.57. The lowest BCUT2D eigenvalue weighted by molar-refractivity contribution is 0.0851. The molecule has 1 aromatic heterocycles. The van der Waals surface area contributed by atoms with Gasteiger partial charge in [0, 0.05) is 37.9 Å². The van der Waals surface area contributed by atoms with Crippen LogP contribution in [-0.2, 0) is 11.3 Å². The highest BCUT2D eigenvalue weighted by Crippen LogP contribution is 2.34. The Morgan fingerprint density at radius 2 is 2.27 bits per heavy atom. The molecular weight excluding hydrogens is 278 g/mol. The Labute approximate surface area is 132 Å². The van der Waals surface area contributed by atoms with Gasteiger partial charge in [0.25, 0.3) is 0 Å². The summed E-state index contributed by atoms with van der Waals surface area (Å²) in [4.78, 5) is 4.56. The van der Waals surface area contributed by atoms with Crippen LogP contribution in [0.2, 0.25) is 0 Å². The number of rotatable bonds is 5. The number of nitrogens with zero attached hydrogens (tertiary/aromatic N) is 3. The van der Waals surface area contributed by atoms with Crippen molar-refractivity contribution in [1.29, 1.82) is 0 Å². The third-order valence-corrected chi connectivity index (χ3v) is 4.76. The minimum absolute atomic E-state index is 0.0884. The fraction of sp³-hybridized carbons (Fsp3) is 0.750. The van der Waals surface area contributed by atoms with Crippen LogP contribution < -0.4 is 11.1 Å². The molecule has 1 aliphatic heterocycles. The average molecular weight is 305 g/mol. The van der Waals surface area contributed by atoms with Crippen molar-refractivity contribution < 1.29 is 4.74 Å². The van der Waals surface area contributed by atoms with Gasteiger partial charge in [-0.1, -0.05) is 12.8 Å². The maximum atomic E-state index is 6.03. The predicted molar refractivity (Wildman–Crippen MR) is 86.6 cm³/mol. The van der Waals surface area contributed by atoms with Gasteiger partial charge in [0.1, 0.15) is 6.10 Å². The van der Waals surface area contributed by atoms with Gasteiger partial charge in [-0.2, -0.15) is 5.10 Å². The topological polar surface area (TPSA) is 77.5 Å². The minimum atomic E-state index is 0.0884. The molecule has 1 aliphatic carbocycles. The first kappa shape index (κ1) is 15.3. The van der Waals surface area contributed by atoms with Gasteiger partial charge in [0.15, 0.2) is 5.96 Å². The zero-order valence-corrected chi connectivity index (χ0v) is 13.4. The van der Waals surface area contributed by atoms with Gasteiger partial charge in [-0.05, 0) is 32.3 Å². The molecule has 3 N–H and O–H groups in total. The van der Waals surface area contributed by atoms with Crippen LogP contribution in [0.25, 0.3) is 0 Å². The Morgan fingerprint density at radius 3 is 3.05 bits per heavy atom. The Bertz CT molecular complexity index is 506. The lowest BCUT2D eigenvalue weighted by atomic mass is 9.99. The van der Waals surface area contributed by atoms with E-state index in [2.05, 4.69) is 28.4 Å². The molecule has 0 bridgehead atoms. The number of hydrogen-bond acceptors (Lipinski definition) is 3. The predicted octanol–water partition coefficient (Wildman–Crippen LogP) is 1.83. The number of aliphatic imine (C=N–C) groups is 1. The van der Waals surface area contributed by atoms with E-state index in [4.69, 9.17) is 10.5 Å². The van der Waals surface area contributed by atoms with Gasteiger partial charge in [-0.3, -0.25) is 9.67 Å². The average Bonchev–Trinajstić information content (AvgIpc) is 3.25. The molecule has 1 saturated carbocycles. The van der Waals surface area contributed by atoms with Gasteiger partial charge in [0.2, 0.25) is 0 Å². The molecule has 2 fully saturated rings. The SMILES string of the molecule is CCn1nccc1[C@@H]1OCC[C@H]1CN=C(N)NC1CCCC1. The van der Waals surface area contributed by atoms with Crippen LogP contribution in [-0.4, -0.2) is 34.9 Å². The molecule has 0 unspecified atom stereocenters. The lowest BCUT2D eigenvalue weighted by Gasteiger charge is -2.19. The van der Waals surface area contributed by atoms with Crippen LogP contribution in [0, 0.1) is 5.92 Å². The van der Waals surface area contributed by atoms with E-state index in [9.17, 15) is 0 Å². The van der Waals surface area contributed by atoms with Gasteiger partial charge in [0.05, 0.1) is 5.69 Å². The molecular formula is C16H27N5O. The first-order valence-electron chi connectivity index (χ1n) is 8.47. The normalized spacial score (nSPS) is 26.7. The molecule has 2 atom stereocenters. The van der Waals surface area contributed by atoms with Crippen molar-refractivity contribution in [2.45, 2.75) is 57.7 Å². The van der Waals surface area contributed by atoms with Crippen molar-refractivity contribution in [2.24, 2.45) is 16.6 Å². The standard InChI is InChI=1S/C16H27N5O/c1-2-21-14(7-9-19-21)15-12(8-10-22-15)11-18-16(17)20-13-5-3-4-6-13/h7,9,12-13,15H,2-6,8,10-11H2,1H3,(H3,17,18,20)/t12-,15+/m0/s1. The number of hydrogen-bond donors (Lipinski definition) is 2. The smallest absolute Gasteiger partial charge is 0.188 e. The van der Waals surface area contributed by atoms with Crippen LogP contribution in [0.4, 0.5) is 0 Å². The third-order valence-electron chi connectivity index (χ3n) is 4.76. The molecule has 2 heterocycles. The number of nitrogens with two attached hydrogens (primary N) is 1. The number of ether oxygens (including phenoxy) is 1. The number of aryl methyl sites for hydroxylation is 1. The van der Waals surface area contributed by atoms with Crippen molar-refractivity contribution in [1.82, 2.24) is 15.1 Å². The summed E-state index contributed by atoms with van der Waals surface area (Å²) in [6.07, 6.45) is 7.97. The molecule has 2 aliphatic rings. The number of guanidine groups is 1. The molecule has 1 aromatic rings. The van der Waals surface area contributed by atoms with Crippen LogP contribution in [0.5, 0.6) is 0 Å². The van der Waals surface area contributed by atoms with E-state index in [0.29, 0.717) is 24.5 Å². The highest BCUT2D eigenvalue weighted by molar-refractivity contribution is 5.78. The zero-order chi connectivity index (χ0) is 15.4. The summed E-state index contributed by atoms with van der Waals surface area (Å²) >= 11 is 0. The quantitative estimate of drug-likeness (QED) is 0.642. The van der Waals surface area contributed by atoms with Gasteiger partial charge >= 0.3 is 0 Å². The Kier molecular flexibility index (Phi) is 4.97. The van der Waals surface area contributed by atoms with Crippen LogP contribution >= 0.6 is 0 Å². The molecule has 1 saturated heterocycles. The fourth-order valence-electron chi connectivity index (χ4n) is 3.54. The lowest BCUT2D eigenvalue weighted by Crippen LogP contribution is -2.39. The summed E-state index contributed by atoms with van der Waals surface area (Å²) < 4.78 is 7.93. The fourth-order valence-corrected chi connectivity index (χ4v) is 3.54. The second kappa shape index (κ2) is 7.13. The van der Waals surface area contributed by atoms with Crippen molar-refractivity contribution >= 4 is 5.96 Å². The number of aromatic nitrogens is 2. The molecule has 0 amide bonds. The van der Waals surface area contributed by atoms with Gasteiger partial charge in [-0.15, -0.1) is 0 Å². The third kappa shape index (κ3) is 3.43. The first-order chi connectivity index (χ1) is 10.8. The summed E-state index contributed by atoms with van der Waals surface area (Å²) in [5, 5.41) is 7.69. The second-order valence-electron chi connectivity index (χ2n) is 6.26. The maximum Gasteiger partial charge on any atom is 0.188 e. The molecule has 0 spiro atoms. The van der Waals surface area contributed by atoms with E-state index < -0.39 is 0 Å². The minimum Gasteiger partial charge on any atom is -0.372 e. The molecule has 0 radical (unpaired) electrons. The molecule has 22 heavy (non-hydrogen) atoms. The van der Waals surface area contributed by atoms with E-state index in [-0.39, 0.29) is 6.10 Å². The largest absolute Gasteiger partial charge is 0.372 e. The van der Waals surface area contributed by atoms with E-state index in [0.717, 1.165) is 25.3 Å². The van der Waals surface area contributed by atoms with E-state index in [1.165, 1.54) is 25.7 Å². The molecule has 0 aromatic carbocycles. The Morgan fingerprint density at radius 1 is 1.45 bits per heavy atom. The summed E-state index contributed by atoms with van der Waals surface area (Å²) in [5.41, 5.74) is 7.19. The summed E-state index contributed by atoms with van der Waals surface area (Å²) in [5.74, 6) is 0.965. The number of nitrogens with one attached hydrogen (secondary N) is 1. The molecule has 6 heteroatoms. The van der Waals surface area contributed by atoms with Crippen LogP contribution in [0.1, 0.15) is 50.8 Å². The highest BCUT2D eigenvalue weighted by Gasteiger charge is 2.31. The van der Waals surface area contributed by atoms with Gasteiger partial charge in [-0.25, -0.2) is 0 Å². The van der Waals surface area contributed by atoms with Gasteiger partial charge < -0.3 is 15.8 Å². The molecule has 6 nitrogen and oxygen atoms in total. The van der Waals surface area contributed by atoms with E-state index >= 15 is 0 Å². The molecule has 122 valence electrons. The second-order valence-corrected chi connectivity index (χ2v) is 6.26. The van der Waals surface area contributed by atoms with Crippen molar-refractivity contribution in [2.75, 3.05) is 13.2 Å².